The number of amides is 1. The largest absolute Gasteiger partial charge is 0.496 e. The molecule has 0 fully saturated rings. The van der Waals surface area contributed by atoms with Gasteiger partial charge in [0.05, 0.1) is 24.1 Å². The molecule has 0 aliphatic rings. The normalized spacial score (nSPS) is 11.7. The topological polar surface area (TPSA) is 115 Å². The zero-order valence-electron chi connectivity index (χ0n) is 18.6. The second kappa shape index (κ2) is 9.49. The Bertz CT molecular complexity index is 1220. The van der Waals surface area contributed by atoms with Crippen molar-refractivity contribution in [2.45, 2.75) is 38.3 Å². The van der Waals surface area contributed by atoms with E-state index in [2.05, 4.69) is 15.5 Å². The number of carbonyl (C=O) groups is 1. The first-order valence-electron chi connectivity index (χ1n) is 9.97. The van der Waals surface area contributed by atoms with E-state index in [1.807, 2.05) is 45.0 Å². The second-order valence-corrected chi connectivity index (χ2v) is 9.62. The third-order valence-electron chi connectivity index (χ3n) is 4.76. The monoisotopic (exact) mass is 458 g/mol. The number of aryl methyl sites for hydroxylation is 1. The average molecular weight is 459 g/mol. The molecule has 0 saturated heterocycles. The first-order valence-corrected chi connectivity index (χ1v) is 11.4. The van der Waals surface area contributed by atoms with Crippen LogP contribution in [0.2, 0.25) is 0 Å². The Morgan fingerprint density at radius 2 is 1.94 bits per heavy atom. The van der Waals surface area contributed by atoms with E-state index >= 15 is 0 Å². The molecule has 3 rings (SSSR count). The van der Waals surface area contributed by atoms with Gasteiger partial charge in [-0.3, -0.25) is 4.79 Å². The van der Waals surface area contributed by atoms with E-state index in [-0.39, 0.29) is 34.7 Å². The highest BCUT2D eigenvalue weighted by Crippen LogP contribution is 2.26. The molecular weight excluding hydrogens is 432 g/mol. The van der Waals surface area contributed by atoms with Crippen molar-refractivity contribution in [3.63, 3.8) is 0 Å². The molecule has 0 spiro atoms. The van der Waals surface area contributed by atoms with E-state index < -0.39 is 15.9 Å². The molecule has 1 heterocycles. The van der Waals surface area contributed by atoms with Crippen molar-refractivity contribution in [3.05, 3.63) is 59.5 Å². The zero-order valence-corrected chi connectivity index (χ0v) is 19.4. The van der Waals surface area contributed by atoms with Gasteiger partial charge in [0.1, 0.15) is 5.75 Å². The van der Waals surface area contributed by atoms with Gasteiger partial charge in [0.15, 0.2) is 0 Å². The summed E-state index contributed by atoms with van der Waals surface area (Å²) < 4.78 is 37.8. The van der Waals surface area contributed by atoms with Crippen LogP contribution >= 0.6 is 0 Å². The molecule has 1 N–H and O–H groups in total. The minimum Gasteiger partial charge on any atom is -0.496 e. The molecular formula is C22H26N4O5S. The van der Waals surface area contributed by atoms with E-state index in [4.69, 9.17) is 9.26 Å². The highest BCUT2D eigenvalue weighted by atomic mass is 32.2. The quantitative estimate of drug-likeness (QED) is 0.552. The van der Waals surface area contributed by atoms with Crippen LogP contribution in [-0.2, 0) is 16.6 Å². The molecule has 0 atom stereocenters. The second-order valence-electron chi connectivity index (χ2n) is 7.58. The summed E-state index contributed by atoms with van der Waals surface area (Å²) in [5, 5.41) is 6.71. The first kappa shape index (κ1) is 23.4. The Hall–Kier alpha value is -3.24. The van der Waals surface area contributed by atoms with Gasteiger partial charge in [-0.2, -0.15) is 9.29 Å². The maximum Gasteiger partial charge on any atom is 0.255 e. The smallest absolute Gasteiger partial charge is 0.255 e. The Kier molecular flexibility index (Phi) is 6.95. The van der Waals surface area contributed by atoms with Crippen LogP contribution in [-0.4, -0.2) is 49.0 Å². The summed E-state index contributed by atoms with van der Waals surface area (Å²) in [5.74, 6) is 0.405. The number of hydrogen-bond donors (Lipinski definition) is 1. The van der Waals surface area contributed by atoms with Crippen LogP contribution in [0.3, 0.4) is 0 Å². The fraction of sp³-hybridized carbons (Fsp3) is 0.318. The highest BCUT2D eigenvalue weighted by Gasteiger charge is 2.26. The first-order chi connectivity index (χ1) is 15.1. The van der Waals surface area contributed by atoms with Crippen molar-refractivity contribution < 1.29 is 22.5 Å². The van der Waals surface area contributed by atoms with E-state index in [9.17, 15) is 13.2 Å². The Balaban J connectivity index is 1.85. The van der Waals surface area contributed by atoms with Crippen LogP contribution in [0.5, 0.6) is 5.75 Å². The van der Waals surface area contributed by atoms with Crippen LogP contribution in [0.4, 0.5) is 0 Å². The maximum atomic E-state index is 13.1. The zero-order chi connectivity index (χ0) is 23.5. The van der Waals surface area contributed by atoms with Crippen molar-refractivity contribution >= 4 is 15.9 Å². The van der Waals surface area contributed by atoms with Crippen molar-refractivity contribution in [1.82, 2.24) is 19.8 Å². The lowest BCUT2D eigenvalue weighted by Gasteiger charge is -2.17. The van der Waals surface area contributed by atoms with Crippen LogP contribution in [0, 0.1) is 6.92 Å². The SMILES string of the molecule is COc1ccc(S(=O)(=O)N(C)Cc2nc(-c3ccccc3C)no2)cc1C(=O)NC(C)C. The molecule has 0 bridgehead atoms. The van der Waals surface area contributed by atoms with Crippen LogP contribution < -0.4 is 10.1 Å². The van der Waals surface area contributed by atoms with E-state index in [1.54, 1.807) is 0 Å². The van der Waals surface area contributed by atoms with E-state index in [1.165, 1.54) is 32.4 Å². The predicted molar refractivity (Wildman–Crippen MR) is 119 cm³/mol. The highest BCUT2D eigenvalue weighted by molar-refractivity contribution is 7.89. The van der Waals surface area contributed by atoms with Gasteiger partial charge in [-0.25, -0.2) is 8.42 Å². The van der Waals surface area contributed by atoms with Crippen molar-refractivity contribution in [1.29, 1.82) is 0 Å². The number of ether oxygens (including phenoxy) is 1. The van der Waals surface area contributed by atoms with Crippen LogP contribution in [0.1, 0.15) is 35.7 Å². The number of sulfonamides is 1. The summed E-state index contributed by atoms with van der Waals surface area (Å²) in [6.07, 6.45) is 0. The van der Waals surface area contributed by atoms with Crippen molar-refractivity contribution in [2.75, 3.05) is 14.2 Å². The minimum absolute atomic E-state index is 0.0478. The van der Waals surface area contributed by atoms with Crippen LogP contribution in [0.25, 0.3) is 11.4 Å². The number of methoxy groups -OCH3 is 1. The molecule has 32 heavy (non-hydrogen) atoms. The molecule has 3 aromatic rings. The molecule has 2 aromatic carbocycles. The van der Waals surface area contributed by atoms with Gasteiger partial charge in [0.25, 0.3) is 5.91 Å². The lowest BCUT2D eigenvalue weighted by molar-refractivity contribution is 0.0940. The lowest BCUT2D eigenvalue weighted by atomic mass is 10.1. The summed E-state index contributed by atoms with van der Waals surface area (Å²) in [6.45, 7) is 5.43. The van der Waals surface area contributed by atoms with Crippen LogP contribution in [0.15, 0.2) is 51.9 Å². The Morgan fingerprint density at radius 3 is 2.59 bits per heavy atom. The fourth-order valence-corrected chi connectivity index (χ4v) is 4.22. The molecule has 9 nitrogen and oxygen atoms in total. The number of carbonyl (C=O) groups excluding carboxylic acids is 1. The summed E-state index contributed by atoms with van der Waals surface area (Å²) in [4.78, 5) is 16.8. The molecule has 0 aliphatic carbocycles. The Labute approximate surface area is 187 Å². The molecule has 0 radical (unpaired) electrons. The van der Waals surface area contributed by atoms with Gasteiger partial charge in [0.2, 0.25) is 21.7 Å². The minimum atomic E-state index is -3.94. The molecule has 0 saturated carbocycles. The molecule has 1 aromatic heterocycles. The summed E-state index contributed by atoms with van der Waals surface area (Å²) in [5.41, 5.74) is 1.92. The van der Waals surface area contributed by atoms with E-state index in [0.717, 1.165) is 15.4 Å². The molecule has 0 aliphatic heterocycles. The Morgan fingerprint density at radius 1 is 1.22 bits per heavy atom. The van der Waals surface area contributed by atoms with Crippen molar-refractivity contribution in [2.24, 2.45) is 0 Å². The molecule has 0 unspecified atom stereocenters. The summed E-state index contributed by atoms with van der Waals surface area (Å²) >= 11 is 0. The predicted octanol–water partition coefficient (Wildman–Crippen LogP) is 3.01. The van der Waals surface area contributed by atoms with Crippen molar-refractivity contribution in [3.8, 4) is 17.1 Å². The maximum absolute atomic E-state index is 13.1. The molecule has 10 heteroatoms. The number of aromatic nitrogens is 2. The molecule has 170 valence electrons. The summed E-state index contributed by atoms with van der Waals surface area (Å²) in [7, 11) is -1.11. The van der Waals surface area contributed by atoms with Gasteiger partial charge in [-0.15, -0.1) is 0 Å². The number of benzene rings is 2. The van der Waals surface area contributed by atoms with Gasteiger partial charge in [-0.1, -0.05) is 29.4 Å². The average Bonchev–Trinajstić information content (AvgIpc) is 3.21. The number of nitrogens with one attached hydrogen (secondary N) is 1. The number of rotatable bonds is 8. The van der Waals surface area contributed by atoms with Gasteiger partial charge in [-0.05, 0) is 44.5 Å². The number of hydrogen-bond acceptors (Lipinski definition) is 7. The number of nitrogens with zero attached hydrogens (tertiary/aromatic N) is 3. The van der Waals surface area contributed by atoms with Gasteiger partial charge >= 0.3 is 0 Å². The van der Waals surface area contributed by atoms with E-state index in [0.29, 0.717) is 5.82 Å². The fourth-order valence-electron chi connectivity index (χ4n) is 3.07. The third kappa shape index (κ3) is 4.97. The standard InChI is InChI=1S/C22H26N4O5S/c1-14(2)23-22(27)18-12-16(10-11-19(18)30-5)32(28,29)26(4)13-20-24-21(25-31-20)17-9-7-6-8-15(17)3/h6-12,14H,13H2,1-5H3,(H,23,27). The van der Waals surface area contributed by atoms with Gasteiger partial charge < -0.3 is 14.6 Å². The van der Waals surface area contributed by atoms with Gasteiger partial charge in [0, 0.05) is 18.7 Å². The third-order valence-corrected chi connectivity index (χ3v) is 6.55. The summed E-state index contributed by atoms with van der Waals surface area (Å²) in [6, 6.07) is 11.6. The molecule has 1 amide bonds. The lowest BCUT2D eigenvalue weighted by Crippen LogP contribution is -2.31.